The Labute approximate surface area is 137 Å². The number of amides is 1. The van der Waals surface area contributed by atoms with Crippen molar-refractivity contribution in [2.24, 2.45) is 17.8 Å². The highest BCUT2D eigenvalue weighted by Gasteiger charge is 2.37. The average molecular weight is 327 g/mol. The minimum atomic E-state index is -0.203. The Morgan fingerprint density at radius 3 is 2.68 bits per heavy atom. The van der Waals surface area contributed by atoms with E-state index in [1.54, 1.807) is 12.1 Å². The zero-order chi connectivity index (χ0) is 14.8. The van der Waals surface area contributed by atoms with Crippen molar-refractivity contribution in [1.82, 2.24) is 10.2 Å². The number of nitrogens with one attached hydrogen (secondary N) is 1. The first-order valence-corrected chi connectivity index (χ1v) is 7.84. The van der Waals surface area contributed by atoms with Crippen molar-refractivity contribution in [2.75, 3.05) is 26.2 Å². The molecule has 22 heavy (non-hydrogen) atoms. The lowest BCUT2D eigenvalue weighted by molar-refractivity contribution is -0.131. The predicted molar refractivity (Wildman–Crippen MR) is 87.6 cm³/mol. The summed E-state index contributed by atoms with van der Waals surface area (Å²) in [7, 11) is 0. The summed E-state index contributed by atoms with van der Waals surface area (Å²) in [6.45, 7) is 5.98. The fourth-order valence-corrected chi connectivity index (χ4v) is 3.62. The third kappa shape index (κ3) is 3.99. The number of hydrogen-bond donors (Lipinski definition) is 1. The van der Waals surface area contributed by atoms with Gasteiger partial charge in [-0.05, 0) is 41.9 Å². The van der Waals surface area contributed by atoms with E-state index in [1.165, 1.54) is 6.07 Å². The van der Waals surface area contributed by atoms with E-state index in [2.05, 4.69) is 12.2 Å². The Kier molecular flexibility index (Phi) is 5.81. The molecular formula is C17H24ClFN2O. The smallest absolute Gasteiger partial charge is 0.222 e. The highest BCUT2D eigenvalue weighted by molar-refractivity contribution is 5.85. The van der Waals surface area contributed by atoms with Gasteiger partial charge in [-0.1, -0.05) is 19.1 Å². The summed E-state index contributed by atoms with van der Waals surface area (Å²) in [5, 5.41) is 3.39. The molecule has 0 saturated carbocycles. The Bertz CT molecular complexity index is 513. The van der Waals surface area contributed by atoms with Crippen LogP contribution in [0.4, 0.5) is 4.39 Å². The second kappa shape index (κ2) is 7.42. The van der Waals surface area contributed by atoms with E-state index in [0.29, 0.717) is 18.3 Å². The summed E-state index contributed by atoms with van der Waals surface area (Å²) in [4.78, 5) is 14.4. The van der Waals surface area contributed by atoms with Crippen molar-refractivity contribution in [1.29, 1.82) is 0 Å². The molecule has 2 heterocycles. The molecule has 2 aliphatic heterocycles. The van der Waals surface area contributed by atoms with Gasteiger partial charge >= 0.3 is 0 Å². The van der Waals surface area contributed by atoms with Gasteiger partial charge in [-0.25, -0.2) is 4.39 Å². The number of likely N-dealkylation sites (tertiary alicyclic amines) is 1. The molecule has 122 valence electrons. The topological polar surface area (TPSA) is 32.3 Å². The minimum Gasteiger partial charge on any atom is -0.342 e. The normalized spacial score (nSPS) is 24.7. The first-order valence-electron chi connectivity index (χ1n) is 7.84. The molecule has 3 atom stereocenters. The summed E-state index contributed by atoms with van der Waals surface area (Å²) < 4.78 is 13.2. The molecule has 1 amide bonds. The monoisotopic (exact) mass is 326 g/mol. The molecule has 2 aliphatic rings. The van der Waals surface area contributed by atoms with E-state index in [4.69, 9.17) is 0 Å². The number of halogens is 2. The Hall–Kier alpha value is -1.13. The third-order valence-electron chi connectivity index (χ3n) is 4.74. The summed E-state index contributed by atoms with van der Waals surface area (Å²) in [6.07, 6.45) is 1.31. The highest BCUT2D eigenvalue weighted by atomic mass is 35.5. The Morgan fingerprint density at radius 2 is 2.05 bits per heavy atom. The third-order valence-corrected chi connectivity index (χ3v) is 4.74. The van der Waals surface area contributed by atoms with E-state index in [-0.39, 0.29) is 30.0 Å². The molecule has 0 aliphatic carbocycles. The van der Waals surface area contributed by atoms with Gasteiger partial charge in [0, 0.05) is 32.6 Å². The van der Waals surface area contributed by atoms with Gasteiger partial charge in [0.15, 0.2) is 0 Å². The van der Waals surface area contributed by atoms with Gasteiger partial charge in [-0.15, -0.1) is 12.4 Å². The van der Waals surface area contributed by atoms with E-state index >= 15 is 0 Å². The number of nitrogens with zero attached hydrogens (tertiary/aromatic N) is 1. The largest absolute Gasteiger partial charge is 0.342 e. The van der Waals surface area contributed by atoms with Crippen LogP contribution in [0.2, 0.25) is 0 Å². The summed E-state index contributed by atoms with van der Waals surface area (Å²) in [5.74, 6) is 1.59. The molecule has 0 aromatic heterocycles. The molecule has 1 N–H and O–H groups in total. The summed E-state index contributed by atoms with van der Waals surface area (Å²) in [5.41, 5.74) is 0.970. The molecular weight excluding hydrogens is 303 g/mol. The number of hydrogen-bond acceptors (Lipinski definition) is 2. The lowest BCUT2D eigenvalue weighted by Gasteiger charge is -2.20. The van der Waals surface area contributed by atoms with E-state index in [1.807, 2.05) is 11.0 Å². The van der Waals surface area contributed by atoms with Crippen molar-refractivity contribution >= 4 is 18.3 Å². The van der Waals surface area contributed by atoms with Crippen LogP contribution in [0.15, 0.2) is 24.3 Å². The second-order valence-electron chi connectivity index (χ2n) is 6.62. The number of benzene rings is 1. The Morgan fingerprint density at radius 1 is 1.36 bits per heavy atom. The lowest BCUT2D eigenvalue weighted by atomic mass is 9.97. The van der Waals surface area contributed by atoms with Crippen molar-refractivity contribution in [2.45, 2.75) is 19.8 Å². The van der Waals surface area contributed by atoms with Gasteiger partial charge in [0.2, 0.25) is 5.91 Å². The van der Waals surface area contributed by atoms with Crippen molar-refractivity contribution in [3.63, 3.8) is 0 Å². The number of rotatable bonds is 4. The number of carbonyl (C=O) groups excluding carboxylic acids is 1. The maximum Gasteiger partial charge on any atom is 0.222 e. The van der Waals surface area contributed by atoms with Crippen LogP contribution in [0.3, 0.4) is 0 Å². The van der Waals surface area contributed by atoms with Crippen LogP contribution in [0, 0.1) is 23.6 Å². The SMILES string of the molecule is CC(CC(=O)N1C[C@H]2CNC[C@H]2C1)Cc1cccc(F)c1.Cl. The van der Waals surface area contributed by atoms with Crippen LogP contribution in [-0.4, -0.2) is 37.0 Å². The van der Waals surface area contributed by atoms with Gasteiger partial charge in [0.25, 0.3) is 0 Å². The highest BCUT2D eigenvalue weighted by Crippen LogP contribution is 2.27. The maximum atomic E-state index is 13.2. The lowest BCUT2D eigenvalue weighted by Crippen LogP contribution is -2.32. The van der Waals surface area contributed by atoms with Gasteiger partial charge < -0.3 is 10.2 Å². The predicted octanol–water partition coefficient (Wildman–Crippen LogP) is 2.49. The summed E-state index contributed by atoms with van der Waals surface area (Å²) >= 11 is 0. The Balaban J connectivity index is 0.00000176. The zero-order valence-electron chi connectivity index (χ0n) is 12.9. The van der Waals surface area contributed by atoms with Crippen LogP contribution < -0.4 is 5.32 Å². The molecule has 0 bridgehead atoms. The zero-order valence-corrected chi connectivity index (χ0v) is 13.7. The van der Waals surface area contributed by atoms with Crippen LogP contribution in [-0.2, 0) is 11.2 Å². The molecule has 1 unspecified atom stereocenters. The van der Waals surface area contributed by atoms with E-state index in [9.17, 15) is 9.18 Å². The van der Waals surface area contributed by atoms with Gasteiger partial charge in [0.1, 0.15) is 5.82 Å². The molecule has 0 spiro atoms. The number of fused-ring (bicyclic) bond motifs is 1. The summed E-state index contributed by atoms with van der Waals surface area (Å²) in [6, 6.07) is 6.67. The van der Waals surface area contributed by atoms with Crippen LogP contribution >= 0.6 is 12.4 Å². The molecule has 0 radical (unpaired) electrons. The van der Waals surface area contributed by atoms with E-state index < -0.39 is 0 Å². The molecule has 5 heteroatoms. The van der Waals surface area contributed by atoms with Crippen molar-refractivity contribution in [3.8, 4) is 0 Å². The number of carbonyl (C=O) groups is 1. The first kappa shape index (κ1) is 17.2. The molecule has 2 fully saturated rings. The average Bonchev–Trinajstić information content (AvgIpc) is 2.98. The molecule has 1 aromatic carbocycles. The molecule has 1 aromatic rings. The quantitative estimate of drug-likeness (QED) is 0.922. The van der Waals surface area contributed by atoms with Gasteiger partial charge in [-0.2, -0.15) is 0 Å². The standard InChI is InChI=1S/C17H23FN2O.ClH/c1-12(5-13-3-2-4-16(18)7-13)6-17(21)20-10-14-8-19-9-15(14)11-20;/h2-4,7,12,14-15,19H,5-6,8-11H2,1H3;1H/t12?,14-,15+;. The van der Waals surface area contributed by atoms with Gasteiger partial charge in [-0.3, -0.25) is 4.79 Å². The van der Waals surface area contributed by atoms with Crippen molar-refractivity contribution in [3.05, 3.63) is 35.6 Å². The van der Waals surface area contributed by atoms with Crippen LogP contribution in [0.25, 0.3) is 0 Å². The van der Waals surface area contributed by atoms with Gasteiger partial charge in [0.05, 0.1) is 0 Å². The van der Waals surface area contributed by atoms with Crippen molar-refractivity contribution < 1.29 is 9.18 Å². The van der Waals surface area contributed by atoms with Crippen LogP contribution in [0.5, 0.6) is 0 Å². The fraction of sp³-hybridized carbons (Fsp3) is 0.588. The van der Waals surface area contributed by atoms with E-state index in [0.717, 1.165) is 38.2 Å². The van der Waals surface area contributed by atoms with Crippen LogP contribution in [0.1, 0.15) is 18.9 Å². The maximum absolute atomic E-state index is 13.2. The first-order chi connectivity index (χ1) is 10.1. The second-order valence-corrected chi connectivity index (χ2v) is 6.62. The minimum absolute atomic E-state index is 0. The molecule has 3 nitrogen and oxygen atoms in total. The fourth-order valence-electron chi connectivity index (χ4n) is 3.62. The molecule has 2 saturated heterocycles. The molecule has 3 rings (SSSR count).